The summed E-state index contributed by atoms with van der Waals surface area (Å²) in [6, 6.07) is 10.3. The van der Waals surface area contributed by atoms with Crippen LogP contribution in [0, 0.1) is 11.3 Å². The summed E-state index contributed by atoms with van der Waals surface area (Å²) in [5.41, 5.74) is -0.487. The molecule has 6 nitrogen and oxygen atoms in total. The highest BCUT2D eigenvalue weighted by atomic mass is 35.5. The third-order valence-electron chi connectivity index (χ3n) is 4.90. The fourth-order valence-corrected chi connectivity index (χ4v) is 4.72. The van der Waals surface area contributed by atoms with Gasteiger partial charge in [-0.05, 0) is 54.1 Å². The standard InChI is InChI=1S/C21H17ClF3N3O3S/c22-19-7-4-17(21(23,24)25)13-16(19)3-8-20(29)27-9-11-28(12-10-27)32(30,31)18-5-1-15(14-26)2-6-18/h1-8,13H,9-12H2/b8-3+. The van der Waals surface area contributed by atoms with Crippen LogP contribution in [-0.2, 0) is 21.0 Å². The third-order valence-corrected chi connectivity index (χ3v) is 7.16. The van der Waals surface area contributed by atoms with Crippen molar-refractivity contribution in [1.29, 1.82) is 5.26 Å². The Morgan fingerprint density at radius 3 is 2.25 bits per heavy atom. The minimum absolute atomic E-state index is 0.0513. The summed E-state index contributed by atoms with van der Waals surface area (Å²) >= 11 is 5.93. The van der Waals surface area contributed by atoms with E-state index in [9.17, 15) is 26.4 Å². The molecule has 11 heteroatoms. The molecule has 2 aromatic carbocycles. The summed E-state index contributed by atoms with van der Waals surface area (Å²) in [6.07, 6.45) is -2.21. The molecule has 1 fully saturated rings. The molecule has 0 unspecified atom stereocenters. The molecule has 0 N–H and O–H groups in total. The largest absolute Gasteiger partial charge is 0.416 e. The Bertz CT molecular complexity index is 1180. The first kappa shape index (κ1) is 23.8. The summed E-state index contributed by atoms with van der Waals surface area (Å²) in [4.78, 5) is 13.9. The Morgan fingerprint density at radius 1 is 1.06 bits per heavy atom. The number of nitrogens with zero attached hydrogens (tertiary/aromatic N) is 3. The van der Waals surface area contributed by atoms with Crippen molar-refractivity contribution in [2.75, 3.05) is 26.2 Å². The fraction of sp³-hybridized carbons (Fsp3) is 0.238. The molecule has 0 bridgehead atoms. The summed E-state index contributed by atoms with van der Waals surface area (Å²) < 4.78 is 65.3. The molecule has 0 spiro atoms. The Morgan fingerprint density at radius 2 is 1.69 bits per heavy atom. The predicted octanol–water partition coefficient (Wildman–Crippen LogP) is 3.78. The van der Waals surface area contributed by atoms with E-state index in [1.807, 2.05) is 6.07 Å². The van der Waals surface area contributed by atoms with Gasteiger partial charge in [-0.2, -0.15) is 22.7 Å². The Hall–Kier alpha value is -2.87. The first-order chi connectivity index (χ1) is 15.0. The summed E-state index contributed by atoms with van der Waals surface area (Å²) in [6.45, 7) is 0.364. The van der Waals surface area contributed by atoms with Crippen molar-refractivity contribution >= 4 is 33.6 Å². The zero-order valence-corrected chi connectivity index (χ0v) is 18.1. The van der Waals surface area contributed by atoms with E-state index < -0.39 is 27.7 Å². The van der Waals surface area contributed by atoms with Crippen LogP contribution in [0.25, 0.3) is 6.08 Å². The second kappa shape index (κ2) is 9.32. The van der Waals surface area contributed by atoms with E-state index >= 15 is 0 Å². The van der Waals surface area contributed by atoms with Gasteiger partial charge in [0.05, 0.1) is 22.1 Å². The lowest BCUT2D eigenvalue weighted by Crippen LogP contribution is -2.50. The van der Waals surface area contributed by atoms with Crippen LogP contribution < -0.4 is 0 Å². The first-order valence-corrected chi connectivity index (χ1v) is 11.2. The highest BCUT2D eigenvalue weighted by molar-refractivity contribution is 7.89. The lowest BCUT2D eigenvalue weighted by molar-refractivity contribution is -0.137. The molecule has 0 aliphatic carbocycles. The minimum Gasteiger partial charge on any atom is -0.337 e. The van der Waals surface area contributed by atoms with Gasteiger partial charge in [0.1, 0.15) is 0 Å². The summed E-state index contributed by atoms with van der Waals surface area (Å²) in [5, 5.41) is 8.90. The highest BCUT2D eigenvalue weighted by Gasteiger charge is 2.31. The molecule has 1 aliphatic heterocycles. The van der Waals surface area contributed by atoms with E-state index in [2.05, 4.69) is 0 Å². The Labute approximate surface area is 188 Å². The second-order valence-corrected chi connectivity index (χ2v) is 9.28. The lowest BCUT2D eigenvalue weighted by Gasteiger charge is -2.33. The smallest absolute Gasteiger partial charge is 0.337 e. The van der Waals surface area contributed by atoms with Crippen molar-refractivity contribution in [3.63, 3.8) is 0 Å². The average Bonchev–Trinajstić information content (AvgIpc) is 2.77. The maximum absolute atomic E-state index is 12.9. The molecule has 0 atom stereocenters. The van der Waals surface area contributed by atoms with Crippen molar-refractivity contribution in [1.82, 2.24) is 9.21 Å². The van der Waals surface area contributed by atoms with Gasteiger partial charge in [0.15, 0.2) is 0 Å². The molecule has 0 aromatic heterocycles. The maximum Gasteiger partial charge on any atom is 0.416 e. The number of hydrogen-bond donors (Lipinski definition) is 0. The zero-order chi connectivity index (χ0) is 23.5. The molecule has 3 rings (SSSR count). The van der Waals surface area contributed by atoms with Crippen LogP contribution >= 0.6 is 11.6 Å². The van der Waals surface area contributed by atoms with E-state index in [-0.39, 0.29) is 41.7 Å². The predicted molar refractivity (Wildman–Crippen MR) is 112 cm³/mol. The second-order valence-electron chi connectivity index (χ2n) is 6.93. The third kappa shape index (κ3) is 5.30. The number of sulfonamides is 1. The number of nitriles is 1. The van der Waals surface area contributed by atoms with Crippen molar-refractivity contribution < 1.29 is 26.4 Å². The molecule has 1 heterocycles. The van der Waals surface area contributed by atoms with Crippen molar-refractivity contribution in [3.8, 4) is 6.07 Å². The van der Waals surface area contributed by atoms with Crippen LogP contribution in [0.5, 0.6) is 0 Å². The number of carbonyl (C=O) groups excluding carboxylic acids is 1. The van der Waals surface area contributed by atoms with Crippen LogP contribution in [0.3, 0.4) is 0 Å². The van der Waals surface area contributed by atoms with Crippen molar-refractivity contribution in [2.45, 2.75) is 11.1 Å². The molecule has 168 valence electrons. The van der Waals surface area contributed by atoms with E-state index in [1.165, 1.54) is 39.5 Å². The van der Waals surface area contributed by atoms with Gasteiger partial charge < -0.3 is 4.90 Å². The number of benzene rings is 2. The van der Waals surface area contributed by atoms with E-state index in [1.54, 1.807) is 0 Å². The summed E-state index contributed by atoms with van der Waals surface area (Å²) in [5.74, 6) is -0.464. The normalized spacial score (nSPS) is 15.7. The minimum atomic E-state index is -4.53. The van der Waals surface area contributed by atoms with Gasteiger partial charge in [-0.1, -0.05) is 11.6 Å². The van der Waals surface area contributed by atoms with Gasteiger partial charge in [0.25, 0.3) is 0 Å². The Balaban J connectivity index is 1.65. The zero-order valence-electron chi connectivity index (χ0n) is 16.5. The van der Waals surface area contributed by atoms with Crippen LogP contribution in [0.2, 0.25) is 5.02 Å². The molecular weight excluding hydrogens is 467 g/mol. The topological polar surface area (TPSA) is 81.5 Å². The summed E-state index contributed by atoms with van der Waals surface area (Å²) in [7, 11) is -3.77. The van der Waals surface area contributed by atoms with E-state index in [0.29, 0.717) is 5.56 Å². The van der Waals surface area contributed by atoms with Crippen molar-refractivity contribution in [3.05, 3.63) is 70.3 Å². The molecule has 1 aliphatic rings. The van der Waals surface area contributed by atoms with Gasteiger partial charge in [0, 0.05) is 37.3 Å². The molecule has 2 aromatic rings. The van der Waals surface area contributed by atoms with Gasteiger partial charge >= 0.3 is 6.18 Å². The molecular formula is C21H17ClF3N3O3S. The SMILES string of the molecule is N#Cc1ccc(S(=O)(=O)N2CCN(C(=O)/C=C/c3cc(C(F)(F)F)ccc3Cl)CC2)cc1. The van der Waals surface area contributed by atoms with Crippen LogP contribution in [0.4, 0.5) is 13.2 Å². The van der Waals surface area contributed by atoms with Crippen molar-refractivity contribution in [2.24, 2.45) is 0 Å². The molecule has 0 saturated carbocycles. The number of carbonyl (C=O) groups is 1. The van der Waals surface area contributed by atoms with Crippen LogP contribution in [0.15, 0.2) is 53.4 Å². The molecule has 32 heavy (non-hydrogen) atoms. The Kier molecular flexibility index (Phi) is 6.93. The highest BCUT2D eigenvalue weighted by Crippen LogP contribution is 2.32. The van der Waals surface area contributed by atoms with E-state index in [0.717, 1.165) is 24.3 Å². The fourth-order valence-electron chi connectivity index (χ4n) is 3.11. The molecule has 1 saturated heterocycles. The first-order valence-electron chi connectivity index (χ1n) is 9.36. The maximum atomic E-state index is 12.9. The van der Waals surface area contributed by atoms with Crippen LogP contribution in [0.1, 0.15) is 16.7 Å². The lowest BCUT2D eigenvalue weighted by atomic mass is 10.1. The number of amides is 1. The van der Waals surface area contributed by atoms with Gasteiger partial charge in [-0.3, -0.25) is 4.79 Å². The number of rotatable bonds is 4. The van der Waals surface area contributed by atoms with Gasteiger partial charge in [-0.25, -0.2) is 8.42 Å². The number of piperazine rings is 1. The monoisotopic (exact) mass is 483 g/mol. The number of alkyl halides is 3. The average molecular weight is 484 g/mol. The van der Waals surface area contributed by atoms with Gasteiger partial charge in [-0.15, -0.1) is 0 Å². The van der Waals surface area contributed by atoms with E-state index in [4.69, 9.17) is 16.9 Å². The number of hydrogen-bond acceptors (Lipinski definition) is 4. The quantitative estimate of drug-likeness (QED) is 0.620. The van der Waals surface area contributed by atoms with Crippen LogP contribution in [-0.4, -0.2) is 49.7 Å². The van der Waals surface area contributed by atoms with Gasteiger partial charge in [0.2, 0.25) is 15.9 Å². The molecule has 1 amide bonds. The molecule has 0 radical (unpaired) electrons. The number of halogens is 4.